The average molecular weight is 1060 g/mol. The fourth-order valence-corrected chi connectivity index (χ4v) is 17.3. The maximum Gasteiger partial charge on any atom is 0.0620 e. The first kappa shape index (κ1) is 41.8. The summed E-state index contributed by atoms with van der Waals surface area (Å²) in [4.78, 5) is 0. The molecule has 0 aliphatic rings. The minimum atomic E-state index is 1.22. The Morgan fingerprint density at radius 1 is 0.143 bits per heavy atom. The Balaban J connectivity index is 0.745. The van der Waals surface area contributed by atoms with Crippen molar-refractivity contribution in [1.29, 1.82) is 0 Å². The van der Waals surface area contributed by atoms with E-state index in [-0.39, 0.29) is 0 Å². The van der Waals surface area contributed by atoms with Crippen molar-refractivity contribution in [1.82, 2.24) is 17.6 Å². The maximum atomic E-state index is 2.56. The van der Waals surface area contributed by atoms with Gasteiger partial charge in [-0.3, -0.25) is 0 Å². The summed E-state index contributed by atoms with van der Waals surface area (Å²) >= 11 is 0. The van der Waals surface area contributed by atoms with E-state index in [1.807, 2.05) is 0 Å². The summed E-state index contributed by atoms with van der Waals surface area (Å²) in [7, 11) is 0. The first-order valence-electron chi connectivity index (χ1n) is 29.4. The van der Waals surface area contributed by atoms with Crippen LogP contribution in [0.1, 0.15) is 0 Å². The molecular weight excluding hydrogens is 1020 g/mol. The second-order valence-electron chi connectivity index (χ2n) is 24.2. The normalized spacial score (nSPS) is 13.2. The van der Waals surface area contributed by atoms with Gasteiger partial charge in [0.05, 0.1) is 66.2 Å². The Kier molecular flexibility index (Phi) is 6.92. The first-order valence-corrected chi connectivity index (χ1v) is 29.4. The number of rotatable bonds is 1. The zero-order chi connectivity index (χ0) is 53.7. The van der Waals surface area contributed by atoms with Crippen molar-refractivity contribution < 1.29 is 0 Å². The third-order valence-electron chi connectivity index (χ3n) is 20.6. The highest BCUT2D eigenvalue weighted by Crippen LogP contribution is 2.50. The summed E-state index contributed by atoms with van der Waals surface area (Å²) in [5.41, 5.74) is 17.7. The standard InChI is InChI=1S/C80H40N4/c1-2-13-44-43(12-1)58-37-63-55-19-9-17-52-47-14-4-7-24-68(47)83(77(52)55)73(63)39-60(58)61-40-74-64(38-59(44)61)66-36-42(35-65-49-16-5-8-25-69(49)84(74)80(65)66)41-26-31-70-62(34-41)54-20-11-22-57-76-51-28-27-50-45(46(51)30-33-72(76)82(70)79(54)57)29-32-71-75(50)56-21-10-18-53-48-15-3-6-23-67(48)81(71)78(53)56/h1-40H. The molecule has 0 N–H and O–H groups in total. The molecule has 0 fully saturated rings. The molecule has 0 saturated carbocycles. The SMILES string of the molecule is c1ccc2c(c1)c1cc3c4cccc5c6ccccc6n(c3cc1c1cc3c(cc21)c1cc(-c2ccc6c(c2)c2cccc7c8c9ccc%10c(ccc%11c%10c%10cccc%12c%13ccccc%13n%11c%12%10)c9ccc8n6c27)cc2c6ccccc6n3c21)c54. The summed E-state index contributed by atoms with van der Waals surface area (Å²) in [6.45, 7) is 0. The average Bonchev–Trinajstić information content (AvgIpc) is 2.00. The van der Waals surface area contributed by atoms with Crippen molar-refractivity contribution in [2.45, 2.75) is 0 Å². The van der Waals surface area contributed by atoms with E-state index in [0.717, 1.165) is 0 Å². The fourth-order valence-electron chi connectivity index (χ4n) is 17.3. The highest BCUT2D eigenvalue weighted by atomic mass is 14.9. The van der Waals surface area contributed by atoms with Gasteiger partial charge in [-0.15, -0.1) is 0 Å². The van der Waals surface area contributed by atoms with Crippen LogP contribution in [0.25, 0.3) is 217 Å². The zero-order valence-corrected chi connectivity index (χ0v) is 44.9. The molecular formula is C80H40N4. The molecule has 84 heavy (non-hydrogen) atoms. The van der Waals surface area contributed by atoms with E-state index in [0.29, 0.717) is 0 Å². The van der Waals surface area contributed by atoms with Crippen molar-refractivity contribution >= 4 is 206 Å². The van der Waals surface area contributed by atoms with Crippen LogP contribution in [0.2, 0.25) is 0 Å². The van der Waals surface area contributed by atoms with Crippen LogP contribution in [0.3, 0.4) is 0 Å². The van der Waals surface area contributed by atoms with Crippen LogP contribution in [0.4, 0.5) is 0 Å². The number of aromatic nitrogens is 4. The molecule has 0 amide bonds. The maximum absolute atomic E-state index is 2.56. The minimum absolute atomic E-state index is 1.22. The van der Waals surface area contributed by atoms with E-state index in [1.165, 1.54) is 217 Å². The Bertz CT molecular complexity index is 7020. The van der Waals surface area contributed by atoms with Crippen LogP contribution in [0, 0.1) is 0 Å². The van der Waals surface area contributed by atoms with Gasteiger partial charge in [-0.1, -0.05) is 164 Å². The van der Waals surface area contributed by atoms with Crippen molar-refractivity contribution in [3.05, 3.63) is 243 Å². The summed E-state index contributed by atoms with van der Waals surface area (Å²) in [6.07, 6.45) is 0. The number of fused-ring (bicyclic) bond motifs is 35. The molecule has 0 unspecified atom stereocenters. The lowest BCUT2D eigenvalue weighted by Gasteiger charge is -2.12. The molecule has 23 rings (SSSR count). The van der Waals surface area contributed by atoms with Crippen molar-refractivity contribution in [3.63, 3.8) is 0 Å². The van der Waals surface area contributed by atoms with Crippen molar-refractivity contribution in [2.24, 2.45) is 0 Å². The van der Waals surface area contributed by atoms with Crippen LogP contribution in [0.15, 0.2) is 243 Å². The summed E-state index contributed by atoms with van der Waals surface area (Å²) in [5, 5.41) is 33.8. The number of para-hydroxylation sites is 6. The topological polar surface area (TPSA) is 17.6 Å². The summed E-state index contributed by atoms with van der Waals surface area (Å²) < 4.78 is 10.1. The zero-order valence-electron chi connectivity index (χ0n) is 44.9. The second-order valence-corrected chi connectivity index (χ2v) is 24.2. The molecule has 0 saturated heterocycles. The summed E-state index contributed by atoms with van der Waals surface area (Å²) in [5.74, 6) is 0. The molecule has 8 aromatic heterocycles. The lowest BCUT2D eigenvalue weighted by atomic mass is 9.91. The quantitative estimate of drug-likeness (QED) is 0.146. The van der Waals surface area contributed by atoms with Gasteiger partial charge < -0.3 is 17.6 Å². The molecule has 0 spiro atoms. The van der Waals surface area contributed by atoms with Crippen molar-refractivity contribution in [2.75, 3.05) is 0 Å². The smallest absolute Gasteiger partial charge is 0.0620 e. The second kappa shape index (κ2) is 13.9. The third-order valence-corrected chi connectivity index (χ3v) is 20.6. The monoisotopic (exact) mass is 1060 g/mol. The first-order chi connectivity index (χ1) is 41.7. The Morgan fingerprint density at radius 3 is 0.976 bits per heavy atom. The van der Waals surface area contributed by atoms with Gasteiger partial charge in [0.2, 0.25) is 0 Å². The van der Waals surface area contributed by atoms with E-state index in [4.69, 9.17) is 0 Å². The molecule has 4 nitrogen and oxygen atoms in total. The largest absolute Gasteiger partial charge is 0.308 e. The molecule has 0 radical (unpaired) electrons. The molecule has 0 aliphatic heterocycles. The molecule has 15 aromatic carbocycles. The minimum Gasteiger partial charge on any atom is -0.308 e. The van der Waals surface area contributed by atoms with E-state index >= 15 is 0 Å². The predicted molar refractivity (Wildman–Crippen MR) is 358 cm³/mol. The molecule has 0 atom stereocenters. The van der Waals surface area contributed by atoms with E-state index in [2.05, 4.69) is 260 Å². The molecule has 380 valence electrons. The highest BCUT2D eigenvalue weighted by Gasteiger charge is 2.26. The van der Waals surface area contributed by atoms with Gasteiger partial charge in [0.1, 0.15) is 0 Å². The van der Waals surface area contributed by atoms with E-state index in [9.17, 15) is 0 Å². The number of hydrogen-bond donors (Lipinski definition) is 0. The number of benzene rings is 15. The van der Waals surface area contributed by atoms with Gasteiger partial charge in [0.15, 0.2) is 0 Å². The molecule has 0 bridgehead atoms. The Labute approximate surface area is 474 Å². The predicted octanol–water partition coefficient (Wildman–Crippen LogP) is 21.7. The van der Waals surface area contributed by atoms with E-state index < -0.39 is 0 Å². The highest BCUT2D eigenvalue weighted by molar-refractivity contribution is 6.37. The Hall–Kier alpha value is -11.2. The third kappa shape index (κ3) is 4.57. The Morgan fingerprint density at radius 2 is 0.452 bits per heavy atom. The van der Waals surface area contributed by atoms with Crippen LogP contribution < -0.4 is 0 Å². The summed E-state index contributed by atoms with van der Waals surface area (Å²) in [6, 6.07) is 93.1. The number of hydrogen-bond acceptors (Lipinski definition) is 0. The van der Waals surface area contributed by atoms with Gasteiger partial charge in [0, 0.05) is 86.2 Å². The van der Waals surface area contributed by atoms with Crippen LogP contribution in [0.5, 0.6) is 0 Å². The van der Waals surface area contributed by atoms with Gasteiger partial charge >= 0.3 is 0 Å². The van der Waals surface area contributed by atoms with Gasteiger partial charge in [-0.2, -0.15) is 0 Å². The van der Waals surface area contributed by atoms with E-state index in [1.54, 1.807) is 0 Å². The lowest BCUT2D eigenvalue weighted by molar-refractivity contribution is 1.37. The molecule has 23 aromatic rings. The molecule has 8 heterocycles. The van der Waals surface area contributed by atoms with Gasteiger partial charge in [0.25, 0.3) is 0 Å². The molecule has 4 heteroatoms. The molecule has 0 aliphatic carbocycles. The lowest BCUT2D eigenvalue weighted by Crippen LogP contribution is -1.87. The van der Waals surface area contributed by atoms with Crippen LogP contribution >= 0.6 is 0 Å². The van der Waals surface area contributed by atoms with Gasteiger partial charge in [-0.05, 0) is 144 Å². The van der Waals surface area contributed by atoms with Crippen LogP contribution in [-0.2, 0) is 0 Å². The fraction of sp³-hybridized carbons (Fsp3) is 0. The van der Waals surface area contributed by atoms with Crippen LogP contribution in [-0.4, -0.2) is 17.6 Å². The van der Waals surface area contributed by atoms with Crippen molar-refractivity contribution in [3.8, 4) is 11.1 Å². The van der Waals surface area contributed by atoms with Gasteiger partial charge in [-0.25, -0.2) is 0 Å². The number of nitrogens with zero attached hydrogens (tertiary/aromatic N) is 4.